The van der Waals surface area contributed by atoms with Crippen LogP contribution in [-0.2, 0) is 5.41 Å². The summed E-state index contributed by atoms with van der Waals surface area (Å²) >= 11 is 0. The van der Waals surface area contributed by atoms with Gasteiger partial charge in [-0.05, 0) is 130 Å². The fraction of sp³-hybridized carbons (Fsp3) is 0.0545. The van der Waals surface area contributed by atoms with Crippen LogP contribution in [0.5, 0.6) is 23.0 Å². The highest BCUT2D eigenvalue weighted by molar-refractivity contribution is 6.14. The summed E-state index contributed by atoms with van der Waals surface area (Å²) in [5.41, 5.74) is 13.6. The summed E-state index contributed by atoms with van der Waals surface area (Å²) in [4.78, 5) is 4.25. The Labute approximate surface area is 353 Å². The number of hydrogen-bond donors (Lipinski definition) is 0. The van der Waals surface area contributed by atoms with Gasteiger partial charge in [0.2, 0.25) is 0 Å². The van der Waals surface area contributed by atoms with Crippen LogP contribution in [0.1, 0.15) is 25.0 Å². The van der Waals surface area contributed by atoms with Crippen LogP contribution in [0.3, 0.4) is 0 Å². The van der Waals surface area contributed by atoms with Gasteiger partial charge in [0.1, 0.15) is 28.8 Å². The molecular formula is C55H38F2N2O2. The highest BCUT2D eigenvalue weighted by atomic mass is 19.1. The van der Waals surface area contributed by atoms with Gasteiger partial charge in [-0.25, -0.2) is 8.78 Å². The van der Waals surface area contributed by atoms with Crippen LogP contribution in [0, 0.1) is 0 Å². The molecule has 0 fully saturated rings. The average Bonchev–Trinajstić information content (AvgIpc) is 3.52. The molecular weight excluding hydrogens is 759 g/mol. The first kappa shape index (κ1) is 36.4. The molecule has 4 nitrogen and oxygen atoms in total. The molecule has 0 amide bonds. The average molecular weight is 797 g/mol. The number of nitrogens with zero attached hydrogens (tertiary/aromatic N) is 2. The number of ether oxygens (including phenoxy) is 2. The molecule has 61 heavy (non-hydrogen) atoms. The van der Waals surface area contributed by atoms with Crippen LogP contribution in [0.2, 0.25) is 0 Å². The van der Waals surface area contributed by atoms with E-state index in [4.69, 9.17) is 9.47 Å². The van der Waals surface area contributed by atoms with Gasteiger partial charge in [-0.3, -0.25) is 0 Å². The molecule has 294 valence electrons. The predicted octanol–water partition coefficient (Wildman–Crippen LogP) is 16.1. The first-order valence-electron chi connectivity index (χ1n) is 20.4. The lowest BCUT2D eigenvalue weighted by atomic mass is 9.82. The maximum Gasteiger partial charge on any atom is 0.137 e. The van der Waals surface area contributed by atoms with E-state index in [-0.39, 0.29) is 11.7 Å². The number of para-hydroxylation sites is 2. The van der Waals surface area contributed by atoms with Gasteiger partial charge in [0.05, 0.1) is 6.33 Å². The zero-order valence-corrected chi connectivity index (χ0v) is 33.4. The Morgan fingerprint density at radius 1 is 0.492 bits per heavy atom. The lowest BCUT2D eigenvalue weighted by Crippen LogP contribution is -2.16. The molecule has 2 heterocycles. The lowest BCUT2D eigenvalue weighted by molar-refractivity contribution is 0.480. The minimum absolute atomic E-state index is 0.193. The number of anilines is 5. The van der Waals surface area contributed by atoms with E-state index in [0.29, 0.717) is 5.75 Å². The molecule has 0 unspecified atom stereocenters. The monoisotopic (exact) mass is 796 g/mol. The summed E-state index contributed by atoms with van der Waals surface area (Å²) in [6.45, 7) is 4.49. The molecule has 8 aromatic rings. The minimum atomic E-state index is -0.692. The topological polar surface area (TPSA) is 24.9 Å². The largest absolute Gasteiger partial charge is 0.456 e. The van der Waals surface area contributed by atoms with Crippen LogP contribution in [0.15, 0.2) is 200 Å². The Morgan fingerprint density at radius 2 is 1.00 bits per heavy atom. The first-order valence-corrected chi connectivity index (χ1v) is 20.4. The third-order valence-corrected chi connectivity index (χ3v) is 12.2. The summed E-state index contributed by atoms with van der Waals surface area (Å²) in [7, 11) is 0. The molecule has 0 spiro atoms. The van der Waals surface area contributed by atoms with E-state index in [9.17, 15) is 8.78 Å². The van der Waals surface area contributed by atoms with E-state index < -0.39 is 5.83 Å². The standard InChI is InChI=1S/C55H38F2N2O2/c1-55(2)47-18-10-9-17-41(47)42-22-19-38(32-48(42)55)58(31-11-12-35(57)29-30-56)39-20-23-43-45-25-28-50-54-46(26-27-49(53(45)54)60-51(43)33-39)44-24-21-40(34-52(44)61-50)59(36-13-5-3-6-14-36)37-15-7-4-8-16-37/h3-34H,1-2H3/b30-29+,31-11+,35-12+. The Bertz CT molecular complexity index is 3110. The van der Waals surface area contributed by atoms with Crippen molar-refractivity contribution in [3.05, 3.63) is 212 Å². The van der Waals surface area contributed by atoms with Gasteiger partial charge >= 0.3 is 0 Å². The molecule has 0 saturated heterocycles. The van der Waals surface area contributed by atoms with Crippen LogP contribution < -0.4 is 19.3 Å². The summed E-state index contributed by atoms with van der Waals surface area (Å²) < 4.78 is 40.7. The molecule has 6 heteroatoms. The minimum Gasteiger partial charge on any atom is -0.456 e. The van der Waals surface area contributed by atoms with Gasteiger partial charge in [0, 0.05) is 80.2 Å². The number of rotatable bonds is 8. The summed E-state index contributed by atoms with van der Waals surface area (Å²) in [6.07, 6.45) is 5.61. The third kappa shape index (κ3) is 5.94. The highest BCUT2D eigenvalue weighted by Crippen LogP contribution is 2.56. The molecule has 0 bridgehead atoms. The van der Waals surface area contributed by atoms with Crippen LogP contribution in [0.4, 0.5) is 37.2 Å². The van der Waals surface area contributed by atoms with Crippen molar-refractivity contribution < 1.29 is 18.3 Å². The van der Waals surface area contributed by atoms with Crippen molar-refractivity contribution in [1.82, 2.24) is 0 Å². The highest BCUT2D eigenvalue weighted by Gasteiger charge is 2.36. The number of benzene rings is 8. The molecule has 2 aliphatic heterocycles. The Balaban J connectivity index is 0.982. The first-order chi connectivity index (χ1) is 29.9. The number of allylic oxidation sites excluding steroid dienone is 4. The zero-order chi connectivity index (χ0) is 41.2. The molecule has 11 rings (SSSR count). The van der Waals surface area contributed by atoms with Gasteiger partial charge in [-0.15, -0.1) is 0 Å². The molecule has 0 aromatic heterocycles. The van der Waals surface area contributed by atoms with E-state index >= 15 is 0 Å². The third-order valence-electron chi connectivity index (χ3n) is 12.2. The molecule has 8 aromatic carbocycles. The fourth-order valence-electron chi connectivity index (χ4n) is 9.31. The van der Waals surface area contributed by atoms with Crippen molar-refractivity contribution in [3.8, 4) is 56.4 Å². The van der Waals surface area contributed by atoms with Crippen molar-refractivity contribution >= 4 is 39.2 Å². The molecule has 0 N–H and O–H groups in total. The SMILES string of the molecule is CC1(C)c2ccccc2-c2ccc(N(/C=C/C=C(F)\C=C\F)c3ccc4c(c3)Oc3ccc5c6c(ccc-4c36)Oc3cc(N(c4ccccc4)c4ccccc4)ccc3-5)cc21. The van der Waals surface area contributed by atoms with E-state index in [1.807, 2.05) is 29.2 Å². The van der Waals surface area contributed by atoms with Crippen molar-refractivity contribution in [1.29, 1.82) is 0 Å². The maximum absolute atomic E-state index is 14.3. The van der Waals surface area contributed by atoms with Gasteiger partial charge in [0.25, 0.3) is 0 Å². The van der Waals surface area contributed by atoms with Crippen molar-refractivity contribution in [2.45, 2.75) is 19.3 Å². The fourth-order valence-corrected chi connectivity index (χ4v) is 9.31. The molecule has 0 radical (unpaired) electrons. The van der Waals surface area contributed by atoms with Gasteiger partial charge in [-0.1, -0.05) is 80.6 Å². The van der Waals surface area contributed by atoms with Gasteiger partial charge < -0.3 is 19.3 Å². The molecule has 3 aliphatic rings. The van der Waals surface area contributed by atoms with Crippen LogP contribution in [-0.4, -0.2) is 0 Å². The van der Waals surface area contributed by atoms with Crippen molar-refractivity contribution in [3.63, 3.8) is 0 Å². The maximum atomic E-state index is 14.3. The normalized spacial score (nSPS) is 13.9. The number of fused-ring (bicyclic) bond motifs is 7. The second-order valence-corrected chi connectivity index (χ2v) is 16.0. The van der Waals surface area contributed by atoms with Crippen LogP contribution in [0.25, 0.3) is 44.2 Å². The van der Waals surface area contributed by atoms with E-state index in [1.54, 1.807) is 12.3 Å². The molecule has 0 saturated carbocycles. The van der Waals surface area contributed by atoms with E-state index in [2.05, 4.69) is 158 Å². The molecule has 0 atom stereocenters. The second kappa shape index (κ2) is 14.2. The number of hydrogen-bond acceptors (Lipinski definition) is 4. The quantitative estimate of drug-likeness (QED) is 0.143. The summed E-state index contributed by atoms with van der Waals surface area (Å²) in [6, 6.07) is 56.6. The lowest BCUT2D eigenvalue weighted by Gasteiger charge is -2.30. The number of halogens is 2. The summed E-state index contributed by atoms with van der Waals surface area (Å²) in [5, 5.41) is 2.01. The van der Waals surface area contributed by atoms with E-state index in [1.165, 1.54) is 28.3 Å². The Morgan fingerprint density at radius 3 is 1.62 bits per heavy atom. The molecule has 1 aliphatic carbocycles. The van der Waals surface area contributed by atoms with Gasteiger partial charge in [-0.2, -0.15) is 0 Å². The zero-order valence-electron chi connectivity index (χ0n) is 33.4. The Kier molecular flexibility index (Phi) is 8.50. The van der Waals surface area contributed by atoms with Crippen LogP contribution >= 0.6 is 0 Å². The van der Waals surface area contributed by atoms with E-state index in [0.717, 1.165) is 84.8 Å². The Hall–Kier alpha value is -7.70. The predicted molar refractivity (Wildman–Crippen MR) is 244 cm³/mol. The second-order valence-electron chi connectivity index (χ2n) is 16.0. The summed E-state index contributed by atoms with van der Waals surface area (Å²) in [5.74, 6) is 2.31. The van der Waals surface area contributed by atoms with Crippen molar-refractivity contribution in [2.75, 3.05) is 9.80 Å². The smallest absolute Gasteiger partial charge is 0.137 e. The van der Waals surface area contributed by atoms with Gasteiger partial charge in [0.15, 0.2) is 0 Å². The van der Waals surface area contributed by atoms with Crippen molar-refractivity contribution in [2.24, 2.45) is 0 Å².